The molecular formula is C12H23NO4. The summed E-state index contributed by atoms with van der Waals surface area (Å²) in [6, 6.07) is -0.644. The van der Waals surface area contributed by atoms with Crippen molar-refractivity contribution in [1.82, 2.24) is 5.32 Å². The Labute approximate surface area is 102 Å². The Kier molecular flexibility index (Phi) is 7.16. The molecule has 1 aliphatic rings. The first kappa shape index (κ1) is 14.4. The molecule has 0 spiro atoms. The van der Waals surface area contributed by atoms with E-state index in [1.165, 1.54) is 26.4 Å². The molecule has 2 N–H and O–H groups in total. The first-order valence-corrected chi connectivity index (χ1v) is 6.30. The van der Waals surface area contributed by atoms with Gasteiger partial charge in [-0.2, -0.15) is 0 Å². The van der Waals surface area contributed by atoms with Crippen molar-refractivity contribution in [3.63, 3.8) is 0 Å². The Balaban J connectivity index is 2.06. The molecule has 0 aromatic heterocycles. The molecule has 0 aromatic carbocycles. The van der Waals surface area contributed by atoms with Crippen LogP contribution in [-0.2, 0) is 14.3 Å². The zero-order chi connectivity index (χ0) is 12.5. The van der Waals surface area contributed by atoms with E-state index in [1.54, 1.807) is 0 Å². The van der Waals surface area contributed by atoms with Crippen LogP contribution in [0.3, 0.4) is 0 Å². The maximum absolute atomic E-state index is 10.8. The fourth-order valence-corrected chi connectivity index (χ4v) is 2.07. The number of hydrogen-bond acceptors (Lipinski definition) is 4. The van der Waals surface area contributed by atoms with E-state index in [2.05, 4.69) is 5.32 Å². The van der Waals surface area contributed by atoms with Crippen molar-refractivity contribution >= 4 is 5.97 Å². The molecule has 0 aromatic rings. The number of carboxylic acid groups (broad SMARTS) is 1. The summed E-state index contributed by atoms with van der Waals surface area (Å²) >= 11 is 0. The molecule has 100 valence electrons. The minimum absolute atomic E-state index is 0.179. The molecule has 1 aliphatic carbocycles. The van der Waals surface area contributed by atoms with E-state index in [9.17, 15) is 4.79 Å². The lowest BCUT2D eigenvalue weighted by atomic mass is 9.98. The number of ether oxygens (including phenoxy) is 2. The van der Waals surface area contributed by atoms with Crippen LogP contribution in [0.4, 0.5) is 0 Å². The smallest absolute Gasteiger partial charge is 0.323 e. The minimum atomic E-state index is -0.885. The summed E-state index contributed by atoms with van der Waals surface area (Å²) in [6.45, 7) is 1.30. The van der Waals surface area contributed by atoms with Gasteiger partial charge in [-0.3, -0.25) is 4.79 Å². The third-order valence-corrected chi connectivity index (χ3v) is 3.03. The molecule has 5 heteroatoms. The van der Waals surface area contributed by atoms with Gasteiger partial charge in [-0.25, -0.2) is 0 Å². The Morgan fingerprint density at radius 3 is 2.71 bits per heavy atom. The second kappa shape index (κ2) is 8.44. The molecule has 0 amide bonds. The van der Waals surface area contributed by atoms with Gasteiger partial charge in [0.05, 0.1) is 19.3 Å². The summed E-state index contributed by atoms with van der Waals surface area (Å²) in [5.74, 6) is -0.885. The van der Waals surface area contributed by atoms with Gasteiger partial charge < -0.3 is 19.9 Å². The van der Waals surface area contributed by atoms with E-state index in [4.69, 9.17) is 14.6 Å². The Hall–Kier alpha value is -0.650. The van der Waals surface area contributed by atoms with Crippen molar-refractivity contribution in [2.45, 2.75) is 44.2 Å². The SMILES string of the molecule is COCC(NCCOC1CCCCC1)C(=O)O. The maximum atomic E-state index is 10.8. The van der Waals surface area contributed by atoms with Crippen LogP contribution in [-0.4, -0.2) is 50.1 Å². The third kappa shape index (κ3) is 6.00. The van der Waals surface area contributed by atoms with Gasteiger partial charge in [0.15, 0.2) is 0 Å². The van der Waals surface area contributed by atoms with Gasteiger partial charge in [0.25, 0.3) is 0 Å². The summed E-state index contributed by atoms with van der Waals surface area (Å²) in [6.07, 6.45) is 6.46. The topological polar surface area (TPSA) is 67.8 Å². The first-order chi connectivity index (χ1) is 8.24. The molecule has 1 rings (SSSR count). The van der Waals surface area contributed by atoms with Crippen LogP contribution in [0.15, 0.2) is 0 Å². The zero-order valence-electron chi connectivity index (χ0n) is 10.5. The number of carboxylic acids is 1. The Bertz CT molecular complexity index is 217. The number of aliphatic carboxylic acids is 1. The number of methoxy groups -OCH3 is 1. The van der Waals surface area contributed by atoms with Crippen molar-refractivity contribution in [3.05, 3.63) is 0 Å². The van der Waals surface area contributed by atoms with Crippen molar-refractivity contribution < 1.29 is 19.4 Å². The van der Waals surface area contributed by atoms with Crippen LogP contribution in [0.25, 0.3) is 0 Å². The second-order valence-electron chi connectivity index (χ2n) is 4.43. The molecule has 1 fully saturated rings. The zero-order valence-corrected chi connectivity index (χ0v) is 10.5. The van der Waals surface area contributed by atoms with E-state index in [1.807, 2.05) is 0 Å². The molecule has 0 aliphatic heterocycles. The van der Waals surface area contributed by atoms with Gasteiger partial charge in [0.2, 0.25) is 0 Å². The maximum Gasteiger partial charge on any atom is 0.323 e. The van der Waals surface area contributed by atoms with Gasteiger partial charge in [-0.05, 0) is 12.8 Å². The lowest BCUT2D eigenvalue weighted by Crippen LogP contribution is -2.42. The summed E-state index contributed by atoms with van der Waals surface area (Å²) < 4.78 is 10.5. The van der Waals surface area contributed by atoms with E-state index in [0.717, 1.165) is 12.8 Å². The van der Waals surface area contributed by atoms with E-state index in [0.29, 0.717) is 19.3 Å². The summed E-state index contributed by atoms with van der Waals surface area (Å²) in [4.78, 5) is 10.8. The summed E-state index contributed by atoms with van der Waals surface area (Å²) in [5.41, 5.74) is 0. The average molecular weight is 245 g/mol. The molecule has 0 heterocycles. The second-order valence-corrected chi connectivity index (χ2v) is 4.43. The fraction of sp³-hybridized carbons (Fsp3) is 0.917. The summed E-state index contributed by atoms with van der Waals surface area (Å²) in [7, 11) is 1.50. The van der Waals surface area contributed by atoms with Crippen LogP contribution in [0.5, 0.6) is 0 Å². The number of rotatable bonds is 8. The molecule has 1 atom stereocenters. The highest BCUT2D eigenvalue weighted by molar-refractivity contribution is 5.73. The van der Waals surface area contributed by atoms with E-state index < -0.39 is 12.0 Å². The summed E-state index contributed by atoms with van der Waals surface area (Å²) in [5, 5.41) is 11.8. The Morgan fingerprint density at radius 1 is 1.41 bits per heavy atom. The van der Waals surface area contributed by atoms with Crippen LogP contribution in [0, 0.1) is 0 Å². The van der Waals surface area contributed by atoms with Gasteiger partial charge in [0, 0.05) is 13.7 Å². The minimum Gasteiger partial charge on any atom is -0.480 e. The number of carbonyl (C=O) groups is 1. The highest BCUT2D eigenvalue weighted by Gasteiger charge is 2.17. The molecule has 1 saturated carbocycles. The highest BCUT2D eigenvalue weighted by atomic mass is 16.5. The standard InChI is InChI=1S/C12H23NO4/c1-16-9-11(12(14)15)13-7-8-17-10-5-3-2-4-6-10/h10-11,13H,2-9H2,1H3,(H,14,15). The van der Waals surface area contributed by atoms with Crippen molar-refractivity contribution in [1.29, 1.82) is 0 Å². The fourth-order valence-electron chi connectivity index (χ4n) is 2.07. The van der Waals surface area contributed by atoms with Crippen LogP contribution < -0.4 is 5.32 Å². The molecular weight excluding hydrogens is 222 g/mol. The van der Waals surface area contributed by atoms with Crippen LogP contribution in [0.1, 0.15) is 32.1 Å². The highest BCUT2D eigenvalue weighted by Crippen LogP contribution is 2.19. The van der Waals surface area contributed by atoms with Gasteiger partial charge in [-0.15, -0.1) is 0 Å². The Morgan fingerprint density at radius 2 is 2.12 bits per heavy atom. The molecule has 5 nitrogen and oxygen atoms in total. The first-order valence-electron chi connectivity index (χ1n) is 6.30. The van der Waals surface area contributed by atoms with Gasteiger partial charge in [0.1, 0.15) is 6.04 Å². The number of hydrogen-bond donors (Lipinski definition) is 2. The lowest BCUT2D eigenvalue weighted by molar-refractivity contribution is -0.140. The van der Waals surface area contributed by atoms with Crippen molar-refractivity contribution in [2.24, 2.45) is 0 Å². The molecule has 0 bridgehead atoms. The van der Waals surface area contributed by atoms with Crippen molar-refractivity contribution in [3.8, 4) is 0 Å². The lowest BCUT2D eigenvalue weighted by Gasteiger charge is -2.22. The largest absolute Gasteiger partial charge is 0.480 e. The molecule has 0 saturated heterocycles. The van der Waals surface area contributed by atoms with Crippen LogP contribution in [0.2, 0.25) is 0 Å². The molecule has 17 heavy (non-hydrogen) atoms. The average Bonchev–Trinajstić information content (AvgIpc) is 2.34. The number of nitrogens with one attached hydrogen (secondary N) is 1. The van der Waals surface area contributed by atoms with Crippen molar-refractivity contribution in [2.75, 3.05) is 26.9 Å². The van der Waals surface area contributed by atoms with Crippen LogP contribution >= 0.6 is 0 Å². The van der Waals surface area contributed by atoms with Gasteiger partial charge in [-0.1, -0.05) is 19.3 Å². The quantitative estimate of drug-likeness (QED) is 0.625. The monoisotopic (exact) mass is 245 g/mol. The van der Waals surface area contributed by atoms with Gasteiger partial charge >= 0.3 is 5.97 Å². The predicted octanol–water partition coefficient (Wildman–Crippen LogP) is 1.02. The van der Waals surface area contributed by atoms with E-state index in [-0.39, 0.29) is 6.61 Å². The van der Waals surface area contributed by atoms with E-state index >= 15 is 0 Å². The molecule has 1 unspecified atom stereocenters. The predicted molar refractivity (Wildman–Crippen MR) is 64.1 cm³/mol. The molecule has 0 radical (unpaired) electrons. The third-order valence-electron chi connectivity index (χ3n) is 3.03. The normalized spacial score (nSPS) is 19.1.